The lowest BCUT2D eigenvalue weighted by atomic mass is 9.78. The van der Waals surface area contributed by atoms with E-state index >= 15 is 0 Å². The molecule has 1 spiro atoms. The maximum atomic E-state index is 12.3. The van der Waals surface area contributed by atoms with Crippen molar-refractivity contribution in [3.05, 3.63) is 0 Å². The van der Waals surface area contributed by atoms with Crippen LogP contribution in [0.3, 0.4) is 0 Å². The molecule has 2 fully saturated rings. The normalized spacial score (nSPS) is 23.3. The number of carbonyl (C=O) groups excluding carboxylic acids is 2. The molecule has 1 saturated carbocycles. The molecule has 0 bridgehead atoms. The third-order valence-electron chi connectivity index (χ3n) is 4.31. The van der Waals surface area contributed by atoms with Gasteiger partial charge in [-0.2, -0.15) is 0 Å². The number of hydrogen-bond acceptors (Lipinski definition) is 2. The fraction of sp³-hybridized carbons (Fsp3) is 0.857. The average molecular weight is 252 g/mol. The van der Waals surface area contributed by atoms with Crippen LogP contribution in [-0.2, 0) is 9.59 Å². The van der Waals surface area contributed by atoms with Gasteiger partial charge in [0.2, 0.25) is 11.8 Å². The maximum Gasteiger partial charge on any atom is 0.246 e. The largest absolute Gasteiger partial charge is 0.345 e. The van der Waals surface area contributed by atoms with Crippen LogP contribution < -0.4 is 5.32 Å². The number of nitrogens with one attached hydrogen (secondary N) is 1. The van der Waals surface area contributed by atoms with Gasteiger partial charge >= 0.3 is 0 Å². The van der Waals surface area contributed by atoms with E-state index in [0.29, 0.717) is 0 Å². The van der Waals surface area contributed by atoms with Crippen molar-refractivity contribution in [2.75, 3.05) is 13.1 Å². The lowest BCUT2D eigenvalue weighted by Gasteiger charge is -2.48. The molecule has 2 amide bonds. The van der Waals surface area contributed by atoms with Crippen molar-refractivity contribution >= 4 is 11.8 Å². The minimum Gasteiger partial charge on any atom is -0.345 e. The summed E-state index contributed by atoms with van der Waals surface area (Å²) in [5.41, 5.74) is -0.513. The molecule has 1 N–H and O–H groups in total. The first-order valence-corrected chi connectivity index (χ1v) is 7.29. The highest BCUT2D eigenvalue weighted by molar-refractivity contribution is 5.98. The van der Waals surface area contributed by atoms with Crippen LogP contribution in [0.15, 0.2) is 0 Å². The highest BCUT2D eigenvalue weighted by Crippen LogP contribution is 2.35. The Morgan fingerprint density at radius 1 is 1.17 bits per heavy atom. The predicted molar refractivity (Wildman–Crippen MR) is 70.1 cm³/mol. The molecule has 4 heteroatoms. The Balaban J connectivity index is 2.13. The molecule has 2 rings (SSSR count). The van der Waals surface area contributed by atoms with Gasteiger partial charge in [-0.05, 0) is 19.3 Å². The zero-order valence-corrected chi connectivity index (χ0v) is 11.3. The number of unbranched alkanes of at least 4 members (excludes halogenated alkanes) is 2. The van der Waals surface area contributed by atoms with E-state index in [1.165, 1.54) is 6.42 Å². The highest BCUT2D eigenvalue weighted by Gasteiger charge is 2.49. The molecule has 0 unspecified atom stereocenters. The highest BCUT2D eigenvalue weighted by atomic mass is 16.2. The number of rotatable bonds is 4. The van der Waals surface area contributed by atoms with Crippen molar-refractivity contribution in [1.82, 2.24) is 10.2 Å². The molecule has 0 aromatic rings. The predicted octanol–water partition coefficient (Wildman–Crippen LogP) is 1.84. The molecule has 18 heavy (non-hydrogen) atoms. The molecule has 1 saturated heterocycles. The molecule has 1 aliphatic heterocycles. The smallest absolute Gasteiger partial charge is 0.246 e. The number of piperazine rings is 1. The number of nitrogens with zero attached hydrogens (tertiary/aromatic N) is 1. The van der Waals surface area contributed by atoms with Crippen molar-refractivity contribution in [3.63, 3.8) is 0 Å². The van der Waals surface area contributed by atoms with Gasteiger partial charge in [0, 0.05) is 6.54 Å². The maximum absolute atomic E-state index is 12.3. The summed E-state index contributed by atoms with van der Waals surface area (Å²) in [5.74, 6) is 0.186. The van der Waals surface area contributed by atoms with Gasteiger partial charge in [-0.1, -0.05) is 39.0 Å². The topological polar surface area (TPSA) is 49.4 Å². The Kier molecular flexibility index (Phi) is 4.25. The molecule has 0 radical (unpaired) electrons. The number of hydrogen-bond donors (Lipinski definition) is 1. The number of amides is 2. The first-order valence-electron chi connectivity index (χ1n) is 7.29. The van der Waals surface area contributed by atoms with E-state index in [2.05, 4.69) is 12.2 Å². The molecule has 2 aliphatic rings. The zero-order valence-electron chi connectivity index (χ0n) is 11.3. The third-order valence-corrected chi connectivity index (χ3v) is 4.31. The Labute approximate surface area is 109 Å². The fourth-order valence-corrected chi connectivity index (χ4v) is 3.27. The van der Waals surface area contributed by atoms with Gasteiger partial charge in [-0.15, -0.1) is 0 Å². The summed E-state index contributed by atoms with van der Waals surface area (Å²) in [7, 11) is 0. The van der Waals surface area contributed by atoms with Gasteiger partial charge in [-0.25, -0.2) is 0 Å². The van der Waals surface area contributed by atoms with Crippen LogP contribution in [0.4, 0.5) is 0 Å². The van der Waals surface area contributed by atoms with Crippen molar-refractivity contribution in [3.8, 4) is 0 Å². The molecular weight excluding hydrogens is 228 g/mol. The monoisotopic (exact) mass is 252 g/mol. The lowest BCUT2D eigenvalue weighted by molar-refractivity contribution is -0.156. The molecule has 1 heterocycles. The second kappa shape index (κ2) is 5.72. The van der Waals surface area contributed by atoms with Gasteiger partial charge < -0.3 is 10.2 Å². The third kappa shape index (κ3) is 2.38. The van der Waals surface area contributed by atoms with E-state index in [-0.39, 0.29) is 18.4 Å². The minimum atomic E-state index is -0.513. The van der Waals surface area contributed by atoms with E-state index in [1.54, 1.807) is 0 Å². The fourth-order valence-electron chi connectivity index (χ4n) is 3.27. The van der Waals surface area contributed by atoms with Gasteiger partial charge in [0.1, 0.15) is 5.54 Å². The number of carbonyl (C=O) groups is 2. The van der Waals surface area contributed by atoms with Gasteiger partial charge in [0.25, 0.3) is 0 Å². The van der Waals surface area contributed by atoms with Gasteiger partial charge in [0.15, 0.2) is 0 Å². The molecule has 102 valence electrons. The van der Waals surface area contributed by atoms with Crippen molar-refractivity contribution in [2.45, 2.75) is 63.8 Å². The summed E-state index contributed by atoms with van der Waals surface area (Å²) in [5, 5.41) is 2.78. The summed E-state index contributed by atoms with van der Waals surface area (Å²) < 4.78 is 0. The molecule has 0 aromatic carbocycles. The van der Waals surface area contributed by atoms with Crippen LogP contribution in [0, 0.1) is 0 Å². The van der Waals surface area contributed by atoms with Crippen molar-refractivity contribution in [2.24, 2.45) is 0 Å². The van der Waals surface area contributed by atoms with E-state index in [1.807, 2.05) is 4.90 Å². The quantitative estimate of drug-likeness (QED) is 0.776. The summed E-state index contributed by atoms with van der Waals surface area (Å²) in [6, 6.07) is 0. The lowest BCUT2D eigenvalue weighted by Crippen LogP contribution is -2.67. The average Bonchev–Trinajstić information content (AvgIpc) is 2.40. The van der Waals surface area contributed by atoms with Crippen LogP contribution in [-0.4, -0.2) is 35.3 Å². The Morgan fingerprint density at radius 2 is 1.89 bits per heavy atom. The first kappa shape index (κ1) is 13.4. The van der Waals surface area contributed by atoms with Crippen LogP contribution in [0.25, 0.3) is 0 Å². The summed E-state index contributed by atoms with van der Waals surface area (Å²) >= 11 is 0. The Morgan fingerprint density at radius 3 is 2.56 bits per heavy atom. The summed E-state index contributed by atoms with van der Waals surface area (Å²) in [6.07, 6.45) is 8.27. The van der Waals surface area contributed by atoms with Crippen LogP contribution in [0.2, 0.25) is 0 Å². The van der Waals surface area contributed by atoms with E-state index < -0.39 is 5.54 Å². The standard InChI is InChI=1S/C14H24N2O2/c1-2-3-7-10-16-12(17)11-15-13(18)14(16)8-5-4-6-9-14/h2-11H2,1H3,(H,15,18). The van der Waals surface area contributed by atoms with Crippen LogP contribution >= 0.6 is 0 Å². The van der Waals surface area contributed by atoms with Crippen molar-refractivity contribution in [1.29, 1.82) is 0 Å². The van der Waals surface area contributed by atoms with Gasteiger partial charge in [-0.3, -0.25) is 9.59 Å². The van der Waals surface area contributed by atoms with Crippen LogP contribution in [0.5, 0.6) is 0 Å². The van der Waals surface area contributed by atoms with E-state index in [4.69, 9.17) is 0 Å². The minimum absolute atomic E-state index is 0.0818. The molecule has 0 aromatic heterocycles. The molecule has 0 atom stereocenters. The Bertz CT molecular complexity index is 322. The summed E-state index contributed by atoms with van der Waals surface area (Å²) in [4.78, 5) is 26.3. The zero-order chi connectivity index (χ0) is 13.0. The molecule has 4 nitrogen and oxygen atoms in total. The second-order valence-electron chi connectivity index (χ2n) is 5.53. The van der Waals surface area contributed by atoms with Crippen LogP contribution in [0.1, 0.15) is 58.3 Å². The second-order valence-corrected chi connectivity index (χ2v) is 5.53. The Hall–Kier alpha value is -1.06. The van der Waals surface area contributed by atoms with Gasteiger partial charge in [0.05, 0.1) is 6.54 Å². The summed E-state index contributed by atoms with van der Waals surface area (Å²) in [6.45, 7) is 3.09. The van der Waals surface area contributed by atoms with Crippen molar-refractivity contribution < 1.29 is 9.59 Å². The molecule has 1 aliphatic carbocycles. The SMILES string of the molecule is CCCCCN1C(=O)CNC(=O)C12CCCCC2. The first-order chi connectivity index (χ1) is 8.70. The van der Waals surface area contributed by atoms with E-state index in [0.717, 1.165) is 51.5 Å². The molecular formula is C14H24N2O2. The van der Waals surface area contributed by atoms with E-state index in [9.17, 15) is 9.59 Å².